The van der Waals surface area contributed by atoms with E-state index in [1.165, 1.54) is 18.2 Å². The zero-order valence-corrected chi connectivity index (χ0v) is 25.0. The van der Waals surface area contributed by atoms with Crippen LogP contribution in [0.15, 0.2) is 46.9 Å². The fraction of sp³-hybridized carbons (Fsp3) is 0.303. The van der Waals surface area contributed by atoms with Crippen molar-refractivity contribution >= 4 is 41.1 Å². The fourth-order valence-corrected chi connectivity index (χ4v) is 6.50. The van der Waals surface area contributed by atoms with Gasteiger partial charge in [-0.2, -0.15) is 0 Å². The Hall–Kier alpha value is -5.34. The number of fused-ring (bicyclic) bond motifs is 3. The normalized spacial score (nSPS) is 19.9. The van der Waals surface area contributed by atoms with Crippen molar-refractivity contribution in [3.05, 3.63) is 93.2 Å². The van der Waals surface area contributed by atoms with E-state index in [0.717, 1.165) is 4.90 Å². The van der Waals surface area contributed by atoms with Crippen LogP contribution >= 0.6 is 0 Å². The second-order valence-electron chi connectivity index (χ2n) is 11.8. The van der Waals surface area contributed by atoms with Gasteiger partial charge in [0.25, 0.3) is 17.7 Å². The van der Waals surface area contributed by atoms with E-state index in [2.05, 4.69) is 15.5 Å². The average Bonchev–Trinajstić information content (AvgIpc) is 3.62. The maximum atomic E-state index is 15.6. The Morgan fingerprint density at radius 2 is 1.57 bits per heavy atom. The average molecular weight is 642 g/mol. The molecule has 4 heterocycles. The lowest BCUT2D eigenvalue weighted by molar-refractivity contribution is -0.136. The molecule has 2 aromatic carbocycles. The molecule has 47 heavy (non-hydrogen) atoms. The fourth-order valence-electron chi connectivity index (χ4n) is 6.50. The van der Waals surface area contributed by atoms with Crippen LogP contribution in [0.3, 0.4) is 0 Å². The maximum Gasteiger partial charge on any atom is 0.287 e. The van der Waals surface area contributed by atoms with Crippen LogP contribution in [0.4, 0.5) is 4.39 Å². The molecule has 3 aromatic rings. The van der Waals surface area contributed by atoms with Gasteiger partial charge in [-0.3, -0.25) is 53.6 Å². The molecule has 1 aromatic heterocycles. The number of rotatable bonds is 7. The van der Waals surface area contributed by atoms with Crippen LogP contribution in [0.2, 0.25) is 0 Å². The predicted molar refractivity (Wildman–Crippen MR) is 159 cm³/mol. The van der Waals surface area contributed by atoms with Gasteiger partial charge in [-0.15, -0.1) is 0 Å². The molecular formula is C33H28FN5O8. The minimum absolute atomic E-state index is 0.0133. The number of halogens is 1. The number of furan rings is 1. The Balaban J connectivity index is 0.914. The third-order valence-corrected chi connectivity index (χ3v) is 9.02. The van der Waals surface area contributed by atoms with Gasteiger partial charge in [0.05, 0.1) is 16.7 Å². The van der Waals surface area contributed by atoms with Crippen molar-refractivity contribution in [1.29, 1.82) is 0 Å². The van der Waals surface area contributed by atoms with Crippen LogP contribution in [0.5, 0.6) is 0 Å². The van der Waals surface area contributed by atoms with Crippen LogP contribution in [-0.4, -0.2) is 101 Å². The van der Waals surface area contributed by atoms with E-state index < -0.39 is 47.2 Å². The number of hydrogen-bond acceptors (Lipinski definition) is 10. The van der Waals surface area contributed by atoms with Crippen LogP contribution in [-0.2, 0) is 16.1 Å². The highest BCUT2D eigenvalue weighted by molar-refractivity contribution is 6.28. The quantitative estimate of drug-likeness (QED) is 0.280. The monoisotopic (exact) mass is 641 g/mol. The smallest absolute Gasteiger partial charge is 0.287 e. The summed E-state index contributed by atoms with van der Waals surface area (Å²) in [4.78, 5) is 93.1. The minimum Gasteiger partial charge on any atom is -0.447 e. The first-order valence-corrected chi connectivity index (χ1v) is 15.2. The highest BCUT2D eigenvalue weighted by Crippen LogP contribution is 2.32. The maximum absolute atomic E-state index is 15.6. The summed E-state index contributed by atoms with van der Waals surface area (Å²) in [5, 5.41) is 4.89. The van der Waals surface area contributed by atoms with Gasteiger partial charge in [0.1, 0.15) is 11.9 Å². The first-order chi connectivity index (χ1) is 22.6. The summed E-state index contributed by atoms with van der Waals surface area (Å²) in [7, 11) is 0. The third kappa shape index (κ3) is 5.24. The zero-order chi connectivity index (χ0) is 33.0. The van der Waals surface area contributed by atoms with Crippen LogP contribution in [0.25, 0.3) is 0 Å². The lowest BCUT2D eigenvalue weighted by Crippen LogP contribution is -2.54. The summed E-state index contributed by atoms with van der Waals surface area (Å²) in [5.41, 5.74) is 0.364. The van der Waals surface area contributed by atoms with Crippen LogP contribution in [0.1, 0.15) is 81.7 Å². The van der Waals surface area contributed by atoms with E-state index >= 15 is 4.39 Å². The van der Waals surface area contributed by atoms with Gasteiger partial charge in [0.2, 0.25) is 17.6 Å². The topological polar surface area (TPSA) is 166 Å². The second kappa shape index (κ2) is 11.8. The van der Waals surface area contributed by atoms with E-state index in [9.17, 15) is 33.6 Å². The predicted octanol–water partition coefficient (Wildman–Crippen LogP) is 1.14. The number of piperidine rings is 1. The number of nitrogens with zero attached hydrogens (tertiary/aromatic N) is 3. The zero-order valence-electron chi connectivity index (χ0n) is 25.0. The number of carbonyl (C=O) groups is 7. The van der Waals surface area contributed by atoms with Crippen molar-refractivity contribution in [1.82, 2.24) is 25.3 Å². The van der Waals surface area contributed by atoms with E-state index in [4.69, 9.17) is 4.42 Å². The van der Waals surface area contributed by atoms with Crippen LogP contribution in [0, 0.1) is 5.82 Å². The molecule has 240 valence electrons. The molecule has 4 aliphatic rings. The molecule has 7 rings (SSSR count). The molecule has 1 aliphatic carbocycles. The second-order valence-corrected chi connectivity index (χ2v) is 11.8. The number of amides is 5. The molecule has 13 nitrogen and oxygen atoms in total. The highest BCUT2D eigenvalue weighted by atomic mass is 19.1. The summed E-state index contributed by atoms with van der Waals surface area (Å²) in [6, 6.07) is 9.44. The summed E-state index contributed by atoms with van der Waals surface area (Å²) < 4.78 is 21.1. The molecule has 2 fully saturated rings. The molecule has 5 amide bonds. The lowest BCUT2D eigenvalue weighted by Gasteiger charge is -2.34. The third-order valence-electron chi connectivity index (χ3n) is 9.02. The van der Waals surface area contributed by atoms with E-state index in [1.807, 2.05) is 4.90 Å². The van der Waals surface area contributed by atoms with Crippen molar-refractivity contribution < 1.29 is 42.4 Å². The Morgan fingerprint density at radius 3 is 2.30 bits per heavy atom. The van der Waals surface area contributed by atoms with E-state index in [-0.39, 0.29) is 76.6 Å². The van der Waals surface area contributed by atoms with Crippen molar-refractivity contribution in [2.75, 3.05) is 39.3 Å². The number of hydrogen-bond donors (Lipinski definition) is 2. The lowest BCUT2D eigenvalue weighted by atomic mass is 9.89. The van der Waals surface area contributed by atoms with Crippen molar-refractivity contribution in [3.63, 3.8) is 0 Å². The number of imide groups is 2. The molecule has 0 spiro atoms. The van der Waals surface area contributed by atoms with Gasteiger partial charge in [0.15, 0.2) is 17.3 Å². The van der Waals surface area contributed by atoms with Gasteiger partial charge in [0, 0.05) is 75.0 Å². The van der Waals surface area contributed by atoms with Crippen molar-refractivity contribution in [3.8, 4) is 0 Å². The molecule has 0 bridgehead atoms. The van der Waals surface area contributed by atoms with Gasteiger partial charge in [-0.05, 0) is 12.5 Å². The first kappa shape index (κ1) is 30.3. The molecule has 14 heteroatoms. The highest BCUT2D eigenvalue weighted by Gasteiger charge is 2.46. The molecule has 0 radical (unpaired) electrons. The Bertz CT molecular complexity index is 1860. The number of piperazine rings is 1. The van der Waals surface area contributed by atoms with E-state index in [0.29, 0.717) is 32.7 Å². The minimum atomic E-state index is -1.17. The molecular weight excluding hydrogens is 613 g/mol. The Morgan fingerprint density at radius 1 is 0.872 bits per heavy atom. The van der Waals surface area contributed by atoms with Crippen molar-refractivity contribution in [2.24, 2.45) is 0 Å². The number of nitrogens with one attached hydrogen (secondary N) is 2. The molecule has 1 atom stereocenters. The molecule has 3 aliphatic heterocycles. The van der Waals surface area contributed by atoms with Gasteiger partial charge < -0.3 is 9.73 Å². The number of ketones is 2. The summed E-state index contributed by atoms with van der Waals surface area (Å²) in [6.07, 6.45) is -0.0396. The summed E-state index contributed by atoms with van der Waals surface area (Å²) in [6.45, 7) is 3.41. The van der Waals surface area contributed by atoms with Crippen molar-refractivity contribution in [2.45, 2.75) is 25.4 Å². The number of benzene rings is 2. The Labute approximate surface area is 266 Å². The molecule has 2 saturated heterocycles. The summed E-state index contributed by atoms with van der Waals surface area (Å²) in [5.74, 6) is -5.31. The number of carbonyl (C=O) groups excluding carboxylic acids is 7. The standard InChI is InChI=1S/C33H28FN5O8/c34-26-17(5-6-20-25(26)33(46)39(32(20)45)22-7-8-24(40)36-30(22)43)16-38-13-11-37(12-14-38)10-9-35-31(44)23-15-21-27(41)18-3-1-2-4-19(18)28(42)29(21)47-23/h1-6,15,22H,7-14,16H2,(H,35,44)(H,36,40,43). The Kier molecular flexibility index (Phi) is 7.60. The first-order valence-electron chi connectivity index (χ1n) is 15.2. The molecule has 1 unspecified atom stereocenters. The van der Waals surface area contributed by atoms with Gasteiger partial charge >= 0.3 is 0 Å². The summed E-state index contributed by atoms with van der Waals surface area (Å²) >= 11 is 0. The molecule has 0 saturated carbocycles. The van der Waals surface area contributed by atoms with Gasteiger partial charge in [-0.1, -0.05) is 30.3 Å². The molecule has 2 N–H and O–H groups in total. The largest absolute Gasteiger partial charge is 0.447 e. The van der Waals surface area contributed by atoms with Gasteiger partial charge in [-0.25, -0.2) is 4.39 Å². The SMILES string of the molecule is O=C1CCC(N2C(=O)c3ccc(CN4CCN(CCNC(=O)c5cc6c(o5)C(=O)c5ccccc5C6=O)CC4)c(F)c3C2=O)C(=O)N1. The van der Waals surface area contributed by atoms with Crippen LogP contribution < -0.4 is 10.6 Å². The van der Waals surface area contributed by atoms with E-state index in [1.54, 1.807) is 24.3 Å².